The van der Waals surface area contributed by atoms with Crippen LogP contribution in [-0.4, -0.2) is 55.2 Å². The topological polar surface area (TPSA) is 116 Å². The Morgan fingerprint density at radius 1 is 1.09 bits per heavy atom. The molecule has 3 rings (SSSR count). The van der Waals surface area contributed by atoms with E-state index >= 15 is 0 Å². The van der Waals surface area contributed by atoms with E-state index in [0.29, 0.717) is 36.8 Å². The highest BCUT2D eigenvalue weighted by atomic mass is 32.2. The number of aliphatic hydroxyl groups is 1. The van der Waals surface area contributed by atoms with Gasteiger partial charge < -0.3 is 15.3 Å². The van der Waals surface area contributed by atoms with E-state index in [2.05, 4.69) is 22.2 Å². The molecule has 0 atom stereocenters. The minimum absolute atomic E-state index is 0.104. The number of piperidine rings is 1. The monoisotopic (exact) mass is 487 g/mol. The molecule has 1 saturated heterocycles. The van der Waals surface area contributed by atoms with E-state index in [9.17, 15) is 23.1 Å². The van der Waals surface area contributed by atoms with E-state index in [1.165, 1.54) is 19.4 Å². The first-order valence-corrected chi connectivity index (χ1v) is 13.2. The smallest absolute Gasteiger partial charge is 0.253 e. The number of nitrogens with zero attached hydrogens (tertiary/aromatic N) is 1. The molecule has 34 heavy (non-hydrogen) atoms. The van der Waals surface area contributed by atoms with Crippen molar-refractivity contribution in [3.63, 3.8) is 0 Å². The van der Waals surface area contributed by atoms with Crippen LogP contribution in [0, 0.1) is 6.92 Å². The maximum absolute atomic E-state index is 13.0. The highest BCUT2D eigenvalue weighted by Gasteiger charge is 2.26. The van der Waals surface area contributed by atoms with Crippen molar-refractivity contribution >= 4 is 27.5 Å². The number of hydrogen-bond donors (Lipinski definition) is 3. The molecule has 0 bridgehead atoms. The zero-order valence-electron chi connectivity index (χ0n) is 20.1. The Balaban J connectivity index is 1.57. The van der Waals surface area contributed by atoms with Gasteiger partial charge in [0.2, 0.25) is 10.0 Å². The van der Waals surface area contributed by atoms with Gasteiger partial charge in [-0.2, -0.15) is 0 Å². The van der Waals surface area contributed by atoms with Crippen LogP contribution >= 0.6 is 0 Å². The van der Waals surface area contributed by atoms with E-state index < -0.39 is 21.5 Å². The van der Waals surface area contributed by atoms with Gasteiger partial charge in [-0.05, 0) is 68.4 Å². The van der Waals surface area contributed by atoms with Crippen LogP contribution in [-0.2, 0) is 21.4 Å². The minimum atomic E-state index is -3.43. The molecule has 2 aromatic carbocycles. The van der Waals surface area contributed by atoms with Crippen molar-refractivity contribution in [2.75, 3.05) is 24.1 Å². The van der Waals surface area contributed by atoms with Gasteiger partial charge >= 0.3 is 0 Å². The third kappa shape index (κ3) is 6.80. The summed E-state index contributed by atoms with van der Waals surface area (Å²) < 4.78 is 25.7. The Kier molecular flexibility index (Phi) is 7.67. The number of benzene rings is 2. The average molecular weight is 488 g/mol. The molecule has 184 valence electrons. The van der Waals surface area contributed by atoms with E-state index in [-0.39, 0.29) is 5.91 Å². The lowest BCUT2D eigenvalue weighted by Crippen LogP contribution is -2.41. The van der Waals surface area contributed by atoms with Gasteiger partial charge in [0.1, 0.15) is 5.60 Å². The van der Waals surface area contributed by atoms with Gasteiger partial charge in [0.05, 0.1) is 11.9 Å². The summed E-state index contributed by atoms with van der Waals surface area (Å²) in [5.41, 5.74) is 2.38. The second kappa shape index (κ2) is 10.1. The summed E-state index contributed by atoms with van der Waals surface area (Å²) >= 11 is 0. The van der Waals surface area contributed by atoms with Gasteiger partial charge in [-0.15, -0.1) is 0 Å². The summed E-state index contributed by atoms with van der Waals surface area (Å²) in [7, 11) is -3.43. The van der Waals surface area contributed by atoms with E-state index in [4.69, 9.17) is 0 Å². The van der Waals surface area contributed by atoms with Crippen molar-refractivity contribution in [1.82, 2.24) is 10.2 Å². The van der Waals surface area contributed by atoms with Gasteiger partial charge in [0.15, 0.2) is 0 Å². The predicted octanol–water partition coefficient (Wildman–Crippen LogP) is 2.77. The largest absolute Gasteiger partial charge is 0.381 e. The van der Waals surface area contributed by atoms with Gasteiger partial charge in [0, 0.05) is 25.2 Å². The molecule has 2 aromatic rings. The van der Waals surface area contributed by atoms with Crippen molar-refractivity contribution in [1.29, 1.82) is 0 Å². The molecule has 9 heteroatoms. The zero-order chi connectivity index (χ0) is 25.1. The van der Waals surface area contributed by atoms with E-state index in [0.717, 1.165) is 30.2 Å². The van der Waals surface area contributed by atoms with Gasteiger partial charge in [-0.1, -0.05) is 30.3 Å². The Hall–Kier alpha value is -2.91. The summed E-state index contributed by atoms with van der Waals surface area (Å²) in [6.07, 6.45) is 2.76. The lowest BCUT2D eigenvalue weighted by Gasteiger charge is -2.32. The summed E-state index contributed by atoms with van der Waals surface area (Å²) in [6.45, 7) is 6.29. The van der Waals surface area contributed by atoms with Gasteiger partial charge in [-0.3, -0.25) is 14.3 Å². The number of hydrogen-bond acceptors (Lipinski definition) is 5. The molecule has 0 unspecified atom stereocenters. The fourth-order valence-corrected chi connectivity index (χ4v) is 4.59. The number of likely N-dealkylation sites (tertiary alicyclic amines) is 1. The third-order valence-electron chi connectivity index (χ3n) is 6.02. The molecule has 0 radical (unpaired) electrons. The quantitative estimate of drug-likeness (QED) is 0.555. The maximum atomic E-state index is 13.0. The van der Waals surface area contributed by atoms with Crippen LogP contribution in [0.25, 0.3) is 0 Å². The standard InChI is InChI=1S/C25H33N3O5S/c1-17-5-8-21(15-22(17)27-34(4,32)33)23(29)28-13-11-20(12-14-28)19-9-6-18(7-10-19)16-26-24(30)25(2,3)31/h5-10,15,20,27,31H,11-14,16H2,1-4H3,(H,26,30). The summed E-state index contributed by atoms with van der Waals surface area (Å²) in [5, 5.41) is 12.4. The molecule has 2 amide bonds. The molecule has 0 aromatic heterocycles. The first-order chi connectivity index (χ1) is 15.8. The lowest BCUT2D eigenvalue weighted by molar-refractivity contribution is -0.136. The molecule has 3 N–H and O–H groups in total. The van der Waals surface area contributed by atoms with Crippen molar-refractivity contribution in [3.05, 3.63) is 64.7 Å². The number of aryl methyl sites for hydroxylation is 1. The number of carbonyl (C=O) groups is 2. The second-order valence-corrected chi connectivity index (χ2v) is 11.2. The van der Waals surface area contributed by atoms with Crippen molar-refractivity contribution in [2.45, 2.75) is 51.7 Å². The third-order valence-corrected chi connectivity index (χ3v) is 6.61. The highest BCUT2D eigenvalue weighted by molar-refractivity contribution is 7.92. The van der Waals surface area contributed by atoms with Crippen molar-refractivity contribution in [2.24, 2.45) is 0 Å². The number of anilines is 1. The molecule has 0 saturated carbocycles. The van der Waals surface area contributed by atoms with Crippen molar-refractivity contribution in [3.8, 4) is 0 Å². The fourth-order valence-electron chi connectivity index (χ4n) is 3.97. The number of amides is 2. The molecule has 1 aliphatic heterocycles. The molecule has 8 nitrogen and oxygen atoms in total. The lowest BCUT2D eigenvalue weighted by atomic mass is 9.88. The summed E-state index contributed by atoms with van der Waals surface area (Å²) in [4.78, 5) is 26.6. The summed E-state index contributed by atoms with van der Waals surface area (Å²) in [6, 6.07) is 13.1. The van der Waals surface area contributed by atoms with Crippen LogP contribution in [0.5, 0.6) is 0 Å². The van der Waals surface area contributed by atoms with E-state index in [1.54, 1.807) is 25.1 Å². The SMILES string of the molecule is Cc1ccc(C(=O)N2CCC(c3ccc(CNC(=O)C(C)(C)O)cc3)CC2)cc1NS(C)(=O)=O. The Morgan fingerprint density at radius 3 is 2.26 bits per heavy atom. The second-order valence-electron chi connectivity index (χ2n) is 9.45. The number of nitrogens with one attached hydrogen (secondary N) is 2. The molecule has 1 heterocycles. The Morgan fingerprint density at radius 2 is 1.71 bits per heavy atom. The first kappa shape index (κ1) is 25.7. The fraction of sp³-hybridized carbons (Fsp3) is 0.440. The van der Waals surface area contributed by atoms with Crippen LogP contribution in [0.1, 0.15) is 59.7 Å². The minimum Gasteiger partial charge on any atom is -0.381 e. The number of rotatable bonds is 7. The van der Waals surface area contributed by atoms with Crippen molar-refractivity contribution < 1.29 is 23.1 Å². The molecule has 1 fully saturated rings. The summed E-state index contributed by atoms with van der Waals surface area (Å²) in [5.74, 6) is -0.182. The Bertz CT molecular complexity index is 1150. The Labute approximate surface area is 201 Å². The van der Waals surface area contributed by atoms with Gasteiger partial charge in [-0.25, -0.2) is 8.42 Å². The highest BCUT2D eigenvalue weighted by Crippen LogP contribution is 2.29. The van der Waals surface area contributed by atoms with Gasteiger partial charge in [0.25, 0.3) is 11.8 Å². The molecule has 0 aliphatic carbocycles. The van der Waals surface area contributed by atoms with Crippen LogP contribution in [0.15, 0.2) is 42.5 Å². The number of sulfonamides is 1. The molecule has 0 spiro atoms. The predicted molar refractivity (Wildman–Crippen MR) is 132 cm³/mol. The van der Waals surface area contributed by atoms with Crippen LogP contribution in [0.3, 0.4) is 0 Å². The average Bonchev–Trinajstić information content (AvgIpc) is 2.77. The molecule has 1 aliphatic rings. The molecular weight excluding hydrogens is 454 g/mol. The zero-order valence-corrected chi connectivity index (χ0v) is 20.9. The maximum Gasteiger partial charge on any atom is 0.253 e. The molecular formula is C25H33N3O5S. The van der Waals surface area contributed by atoms with Crippen LogP contribution < -0.4 is 10.0 Å². The van der Waals surface area contributed by atoms with Crippen LogP contribution in [0.4, 0.5) is 5.69 Å². The van der Waals surface area contributed by atoms with Crippen LogP contribution in [0.2, 0.25) is 0 Å². The normalized spacial score (nSPS) is 15.1. The first-order valence-electron chi connectivity index (χ1n) is 11.3. The number of carbonyl (C=O) groups excluding carboxylic acids is 2. The van der Waals surface area contributed by atoms with E-state index in [1.807, 2.05) is 17.0 Å².